The number of nitrogens with zero attached hydrogens (tertiary/aromatic N) is 2. The smallest absolute Gasteiger partial charge is 0.234 e. The van der Waals surface area contributed by atoms with Gasteiger partial charge in [0.2, 0.25) is 5.91 Å². The summed E-state index contributed by atoms with van der Waals surface area (Å²) in [4.78, 5) is 12.0. The van der Waals surface area contributed by atoms with Gasteiger partial charge < -0.3 is 5.32 Å². The molecule has 3 rings (SSSR count). The van der Waals surface area contributed by atoms with Crippen molar-refractivity contribution >= 4 is 74.0 Å². The van der Waals surface area contributed by atoms with Gasteiger partial charge in [0.15, 0.2) is 8.68 Å². The lowest BCUT2D eigenvalue weighted by Crippen LogP contribution is -2.13. The number of carbonyl (C=O) groups is 1. The number of amides is 1. The Morgan fingerprint density at radius 1 is 1.12 bits per heavy atom. The van der Waals surface area contributed by atoms with Crippen LogP contribution >= 0.6 is 62.4 Å². The number of rotatable bonds is 7. The summed E-state index contributed by atoms with van der Waals surface area (Å²) in [6.45, 7) is 0. The van der Waals surface area contributed by atoms with Gasteiger partial charge in [0, 0.05) is 20.9 Å². The minimum Gasteiger partial charge on any atom is -0.325 e. The van der Waals surface area contributed by atoms with E-state index >= 15 is 0 Å². The average Bonchev–Trinajstić information content (AvgIpc) is 3.07. The topological polar surface area (TPSA) is 54.9 Å². The van der Waals surface area contributed by atoms with Crippen LogP contribution in [0, 0.1) is 0 Å². The number of hydrogen-bond donors (Lipinski definition) is 1. The van der Waals surface area contributed by atoms with Crippen LogP contribution in [0.4, 0.5) is 5.69 Å². The summed E-state index contributed by atoms with van der Waals surface area (Å²) in [6.07, 6.45) is 0. The van der Waals surface area contributed by atoms with Crippen molar-refractivity contribution in [1.29, 1.82) is 0 Å². The van der Waals surface area contributed by atoms with Crippen LogP contribution in [0.2, 0.25) is 5.02 Å². The Balaban J connectivity index is 1.45. The molecule has 0 spiro atoms. The van der Waals surface area contributed by atoms with Crippen LogP contribution in [0.25, 0.3) is 0 Å². The van der Waals surface area contributed by atoms with Crippen molar-refractivity contribution in [3.8, 4) is 0 Å². The predicted molar refractivity (Wildman–Crippen MR) is 114 cm³/mol. The fourth-order valence-electron chi connectivity index (χ4n) is 1.93. The van der Waals surface area contributed by atoms with Gasteiger partial charge in [-0.3, -0.25) is 4.79 Å². The van der Waals surface area contributed by atoms with E-state index in [-0.39, 0.29) is 5.91 Å². The molecule has 0 atom stereocenters. The number of carbonyl (C=O) groups excluding carboxylic acids is 1. The van der Waals surface area contributed by atoms with E-state index in [1.807, 2.05) is 48.5 Å². The van der Waals surface area contributed by atoms with E-state index in [1.54, 1.807) is 11.8 Å². The molecule has 1 amide bonds. The molecule has 0 radical (unpaired) electrons. The number of thioether (sulfide) groups is 2. The van der Waals surface area contributed by atoms with E-state index in [1.165, 1.54) is 28.7 Å². The molecule has 0 aliphatic carbocycles. The third-order valence-electron chi connectivity index (χ3n) is 3.10. The zero-order valence-electron chi connectivity index (χ0n) is 13.3. The van der Waals surface area contributed by atoms with Gasteiger partial charge in [-0.1, -0.05) is 80.6 Å². The first kappa shape index (κ1) is 19.7. The highest BCUT2D eigenvalue weighted by atomic mass is 79.9. The molecular formula is C17H13BrClN3OS3. The summed E-state index contributed by atoms with van der Waals surface area (Å²) in [7, 11) is 0. The van der Waals surface area contributed by atoms with Gasteiger partial charge in [0.1, 0.15) is 0 Å². The first-order valence-electron chi connectivity index (χ1n) is 7.47. The number of hydrogen-bond acceptors (Lipinski definition) is 6. The largest absolute Gasteiger partial charge is 0.325 e. The maximum atomic E-state index is 12.0. The highest BCUT2D eigenvalue weighted by molar-refractivity contribution is 9.10. The molecule has 1 N–H and O–H groups in total. The highest BCUT2D eigenvalue weighted by Gasteiger charge is 2.09. The summed E-state index contributed by atoms with van der Waals surface area (Å²) in [5.74, 6) is 1.03. The first-order chi connectivity index (χ1) is 12.6. The van der Waals surface area contributed by atoms with Crippen LogP contribution in [-0.2, 0) is 10.5 Å². The van der Waals surface area contributed by atoms with Gasteiger partial charge in [-0.2, -0.15) is 0 Å². The van der Waals surface area contributed by atoms with Gasteiger partial charge in [-0.05, 0) is 35.9 Å². The Morgan fingerprint density at radius 3 is 2.58 bits per heavy atom. The van der Waals surface area contributed by atoms with Gasteiger partial charge >= 0.3 is 0 Å². The molecule has 0 bridgehead atoms. The molecule has 0 aliphatic rings. The molecular weight excluding hydrogens is 474 g/mol. The van der Waals surface area contributed by atoms with E-state index in [4.69, 9.17) is 11.6 Å². The van der Waals surface area contributed by atoms with Crippen molar-refractivity contribution in [3.63, 3.8) is 0 Å². The van der Waals surface area contributed by atoms with Crippen molar-refractivity contribution in [2.75, 3.05) is 11.1 Å². The average molecular weight is 487 g/mol. The molecule has 1 aromatic heterocycles. The van der Waals surface area contributed by atoms with Crippen molar-refractivity contribution < 1.29 is 4.79 Å². The number of halogens is 2. The van der Waals surface area contributed by atoms with Gasteiger partial charge in [0.05, 0.1) is 5.75 Å². The summed E-state index contributed by atoms with van der Waals surface area (Å²) in [5, 5.41) is 11.9. The Labute approximate surface area is 177 Å². The molecule has 0 saturated heterocycles. The van der Waals surface area contributed by atoms with E-state index in [2.05, 4.69) is 31.4 Å². The van der Waals surface area contributed by atoms with Crippen LogP contribution in [0.1, 0.15) is 5.56 Å². The maximum Gasteiger partial charge on any atom is 0.234 e. The first-order valence-corrected chi connectivity index (χ1v) is 11.4. The van der Waals surface area contributed by atoms with E-state index in [0.717, 1.165) is 29.6 Å². The Bertz CT molecular complexity index is 889. The quantitative estimate of drug-likeness (QED) is 0.416. The molecule has 0 aliphatic heterocycles. The Morgan fingerprint density at radius 2 is 1.85 bits per heavy atom. The molecule has 0 unspecified atom stereocenters. The van der Waals surface area contributed by atoms with Gasteiger partial charge in [-0.25, -0.2) is 0 Å². The molecule has 2 aromatic carbocycles. The molecule has 1 heterocycles. The van der Waals surface area contributed by atoms with Crippen LogP contribution in [0.3, 0.4) is 0 Å². The lowest BCUT2D eigenvalue weighted by Gasteiger charge is -2.04. The molecule has 26 heavy (non-hydrogen) atoms. The van der Waals surface area contributed by atoms with E-state index < -0.39 is 0 Å². The number of nitrogens with one attached hydrogen (secondary N) is 1. The lowest BCUT2D eigenvalue weighted by molar-refractivity contribution is -0.113. The second kappa shape index (κ2) is 9.75. The zero-order valence-corrected chi connectivity index (χ0v) is 18.1. The highest BCUT2D eigenvalue weighted by Crippen LogP contribution is 2.31. The second-order valence-corrected chi connectivity index (χ2v) is 9.87. The SMILES string of the molecule is O=C(CSc1nnc(SCc2ccc(Cl)cc2)s1)Nc1cccc(Br)c1. The van der Waals surface area contributed by atoms with Crippen molar-refractivity contribution in [2.45, 2.75) is 14.4 Å². The maximum absolute atomic E-state index is 12.0. The normalized spacial score (nSPS) is 10.7. The number of anilines is 1. The second-order valence-electron chi connectivity index (χ2n) is 5.10. The summed E-state index contributed by atoms with van der Waals surface area (Å²) >= 11 is 13.8. The third-order valence-corrected chi connectivity index (χ3v) is 7.10. The molecule has 0 saturated carbocycles. The van der Waals surface area contributed by atoms with Crippen molar-refractivity contribution in [1.82, 2.24) is 10.2 Å². The van der Waals surface area contributed by atoms with E-state index in [9.17, 15) is 4.79 Å². The van der Waals surface area contributed by atoms with Gasteiger partial charge in [0.25, 0.3) is 0 Å². The predicted octanol–water partition coefficient (Wildman–Crippen LogP) is 5.98. The fraction of sp³-hybridized carbons (Fsp3) is 0.118. The molecule has 9 heteroatoms. The summed E-state index contributed by atoms with van der Waals surface area (Å²) in [5.41, 5.74) is 1.94. The minimum absolute atomic E-state index is 0.0707. The molecule has 3 aromatic rings. The van der Waals surface area contributed by atoms with Crippen LogP contribution in [0.15, 0.2) is 61.7 Å². The van der Waals surface area contributed by atoms with Gasteiger partial charge in [-0.15, -0.1) is 10.2 Å². The summed E-state index contributed by atoms with van der Waals surface area (Å²) < 4.78 is 2.59. The Hall–Kier alpha value is -1.06. The molecule has 134 valence electrons. The Kier molecular flexibility index (Phi) is 7.39. The standard InChI is InChI=1S/C17H13BrClN3OS3/c18-12-2-1-3-14(8-12)20-15(23)10-25-17-22-21-16(26-17)24-9-11-4-6-13(19)7-5-11/h1-8H,9-10H2,(H,20,23). The van der Waals surface area contributed by atoms with E-state index in [0.29, 0.717) is 5.75 Å². The number of aromatic nitrogens is 2. The molecule has 4 nitrogen and oxygen atoms in total. The van der Waals surface area contributed by atoms with Crippen LogP contribution in [-0.4, -0.2) is 21.9 Å². The number of benzene rings is 2. The fourth-order valence-corrected chi connectivity index (χ4v) is 5.23. The zero-order chi connectivity index (χ0) is 18.4. The molecule has 0 fully saturated rings. The minimum atomic E-state index is -0.0707. The monoisotopic (exact) mass is 485 g/mol. The third kappa shape index (κ3) is 6.28. The van der Waals surface area contributed by atoms with Crippen molar-refractivity contribution in [3.05, 3.63) is 63.6 Å². The lowest BCUT2D eigenvalue weighted by atomic mass is 10.2. The van der Waals surface area contributed by atoms with Crippen molar-refractivity contribution in [2.24, 2.45) is 0 Å². The van der Waals surface area contributed by atoms with Crippen LogP contribution < -0.4 is 5.32 Å². The van der Waals surface area contributed by atoms with Crippen LogP contribution in [0.5, 0.6) is 0 Å². The summed E-state index contributed by atoms with van der Waals surface area (Å²) in [6, 6.07) is 15.3.